The number of carboxylic acid groups (broad SMARTS) is 1. The minimum Gasteiger partial charge on any atom is -0.480 e. The Morgan fingerprint density at radius 3 is 2.24 bits per heavy atom. The molecule has 0 aromatic carbocycles. The summed E-state index contributed by atoms with van der Waals surface area (Å²) in [6, 6.07) is 0. The quantitative estimate of drug-likeness (QED) is 0.644. The molecular formula is C12H23NO4. The van der Waals surface area contributed by atoms with Crippen molar-refractivity contribution in [1.29, 1.82) is 0 Å². The van der Waals surface area contributed by atoms with Gasteiger partial charge in [-0.1, -0.05) is 13.8 Å². The smallest absolute Gasteiger partial charge is 0.324 e. The largest absolute Gasteiger partial charge is 0.480 e. The van der Waals surface area contributed by atoms with Gasteiger partial charge in [-0.25, -0.2) is 0 Å². The van der Waals surface area contributed by atoms with Gasteiger partial charge in [0.15, 0.2) is 0 Å². The van der Waals surface area contributed by atoms with E-state index >= 15 is 0 Å². The van der Waals surface area contributed by atoms with Gasteiger partial charge in [0.05, 0.1) is 6.61 Å². The van der Waals surface area contributed by atoms with Gasteiger partial charge < -0.3 is 14.9 Å². The predicted octanol–water partition coefficient (Wildman–Crippen LogP) is 0.761. The lowest BCUT2D eigenvalue weighted by Gasteiger charge is -2.43. The van der Waals surface area contributed by atoms with Crippen LogP contribution in [0.5, 0.6) is 0 Å². The molecule has 1 rings (SSSR count). The third kappa shape index (κ3) is 2.97. The highest BCUT2D eigenvalue weighted by atomic mass is 16.5. The van der Waals surface area contributed by atoms with Gasteiger partial charge in [0.25, 0.3) is 0 Å². The Kier molecular flexibility index (Phi) is 4.91. The fraction of sp³-hybridized carbons (Fsp3) is 0.917. The van der Waals surface area contributed by atoms with E-state index in [1.165, 1.54) is 0 Å². The first kappa shape index (κ1) is 14.4. The van der Waals surface area contributed by atoms with Crippen molar-refractivity contribution in [3.8, 4) is 0 Å². The molecule has 1 aliphatic heterocycles. The average Bonchev–Trinajstić information content (AvgIpc) is 2.37. The maximum atomic E-state index is 11.5. The van der Waals surface area contributed by atoms with Crippen LogP contribution in [0.3, 0.4) is 0 Å². The molecule has 5 heteroatoms. The highest BCUT2D eigenvalue weighted by Crippen LogP contribution is 2.27. The number of ether oxygens (including phenoxy) is 1. The summed E-state index contributed by atoms with van der Waals surface area (Å²) in [6.45, 7) is 4.78. The van der Waals surface area contributed by atoms with E-state index in [4.69, 9.17) is 4.74 Å². The lowest BCUT2D eigenvalue weighted by Crippen LogP contribution is -2.65. The Hall–Kier alpha value is -0.650. The Morgan fingerprint density at radius 2 is 1.88 bits per heavy atom. The van der Waals surface area contributed by atoms with Gasteiger partial charge >= 0.3 is 5.97 Å². The second-order valence-electron chi connectivity index (χ2n) is 4.77. The first-order valence-electron chi connectivity index (χ1n) is 6.25. The van der Waals surface area contributed by atoms with Crippen LogP contribution in [0.4, 0.5) is 0 Å². The fourth-order valence-corrected chi connectivity index (χ4v) is 2.31. The van der Waals surface area contributed by atoms with Crippen molar-refractivity contribution in [2.75, 3.05) is 19.8 Å². The number of carbonyl (C=O) groups is 1. The molecule has 1 heterocycles. The van der Waals surface area contributed by atoms with E-state index in [9.17, 15) is 15.0 Å². The molecule has 0 aliphatic carbocycles. The monoisotopic (exact) mass is 245 g/mol. The number of carboxylic acids is 1. The molecule has 100 valence electrons. The third-order valence-electron chi connectivity index (χ3n) is 3.92. The maximum absolute atomic E-state index is 11.5. The highest BCUT2D eigenvalue weighted by Gasteiger charge is 2.45. The number of hydrogen-bond acceptors (Lipinski definition) is 4. The van der Waals surface area contributed by atoms with Crippen molar-refractivity contribution in [2.45, 2.75) is 50.6 Å². The van der Waals surface area contributed by atoms with Gasteiger partial charge in [0, 0.05) is 18.8 Å². The summed E-state index contributed by atoms with van der Waals surface area (Å²) in [5.74, 6) is -0.847. The SMILES string of the molecule is CCC(CC)(CO)NC1(C(=O)O)CCOCC1. The van der Waals surface area contributed by atoms with E-state index in [2.05, 4.69) is 5.32 Å². The lowest BCUT2D eigenvalue weighted by atomic mass is 9.83. The van der Waals surface area contributed by atoms with Gasteiger partial charge in [-0.3, -0.25) is 10.1 Å². The molecule has 0 radical (unpaired) electrons. The third-order valence-corrected chi connectivity index (χ3v) is 3.92. The zero-order valence-electron chi connectivity index (χ0n) is 10.7. The van der Waals surface area contributed by atoms with Crippen molar-refractivity contribution in [3.05, 3.63) is 0 Å². The van der Waals surface area contributed by atoms with Crippen LogP contribution in [0.2, 0.25) is 0 Å². The molecule has 0 spiro atoms. The van der Waals surface area contributed by atoms with Crippen LogP contribution in [0, 0.1) is 0 Å². The predicted molar refractivity (Wildman–Crippen MR) is 64.0 cm³/mol. The van der Waals surface area contributed by atoms with E-state index in [-0.39, 0.29) is 6.61 Å². The Bertz CT molecular complexity index is 249. The van der Waals surface area contributed by atoms with Gasteiger partial charge in [0.1, 0.15) is 5.54 Å². The highest BCUT2D eigenvalue weighted by molar-refractivity contribution is 5.79. The van der Waals surface area contributed by atoms with Gasteiger partial charge in [-0.2, -0.15) is 0 Å². The maximum Gasteiger partial charge on any atom is 0.324 e. The summed E-state index contributed by atoms with van der Waals surface area (Å²) in [7, 11) is 0. The summed E-state index contributed by atoms with van der Waals surface area (Å²) in [5, 5.41) is 22.2. The Morgan fingerprint density at radius 1 is 1.35 bits per heavy atom. The van der Waals surface area contributed by atoms with Crippen LogP contribution in [0.1, 0.15) is 39.5 Å². The molecule has 0 bridgehead atoms. The van der Waals surface area contributed by atoms with Crippen molar-refractivity contribution in [3.63, 3.8) is 0 Å². The summed E-state index contributed by atoms with van der Waals surface area (Å²) < 4.78 is 5.22. The minimum absolute atomic E-state index is 0.0457. The van der Waals surface area contributed by atoms with E-state index in [1.807, 2.05) is 13.8 Å². The zero-order valence-corrected chi connectivity index (χ0v) is 10.7. The van der Waals surface area contributed by atoms with Crippen LogP contribution in [0.15, 0.2) is 0 Å². The molecule has 0 saturated carbocycles. The van der Waals surface area contributed by atoms with Gasteiger partial charge in [0.2, 0.25) is 0 Å². The molecule has 5 nitrogen and oxygen atoms in total. The van der Waals surface area contributed by atoms with Crippen molar-refractivity contribution < 1.29 is 19.7 Å². The molecular weight excluding hydrogens is 222 g/mol. The standard InChI is InChI=1S/C12H23NO4/c1-3-11(4-2,9-14)13-12(10(15)16)5-7-17-8-6-12/h13-14H,3-9H2,1-2H3,(H,15,16). The normalized spacial score (nSPS) is 20.2. The lowest BCUT2D eigenvalue weighted by molar-refractivity contribution is -0.151. The van der Waals surface area contributed by atoms with Crippen molar-refractivity contribution in [1.82, 2.24) is 5.32 Å². The number of hydrogen-bond donors (Lipinski definition) is 3. The van der Waals surface area contributed by atoms with Crippen LogP contribution in [-0.4, -0.2) is 47.1 Å². The molecule has 0 aromatic heterocycles. The van der Waals surface area contributed by atoms with Crippen LogP contribution >= 0.6 is 0 Å². The number of aliphatic carboxylic acids is 1. The zero-order chi connectivity index (χ0) is 12.9. The molecule has 3 N–H and O–H groups in total. The van der Waals surface area contributed by atoms with Crippen LogP contribution in [0.25, 0.3) is 0 Å². The first-order valence-corrected chi connectivity index (χ1v) is 6.25. The number of aliphatic hydroxyl groups is 1. The van der Waals surface area contributed by atoms with Crippen LogP contribution in [-0.2, 0) is 9.53 Å². The Balaban J connectivity index is 2.88. The molecule has 0 atom stereocenters. The molecule has 0 unspecified atom stereocenters. The number of aliphatic hydroxyl groups excluding tert-OH is 1. The van der Waals surface area contributed by atoms with Crippen molar-refractivity contribution in [2.24, 2.45) is 0 Å². The molecule has 1 saturated heterocycles. The van der Waals surface area contributed by atoms with Crippen molar-refractivity contribution >= 4 is 5.97 Å². The minimum atomic E-state index is -0.951. The van der Waals surface area contributed by atoms with Gasteiger partial charge in [-0.05, 0) is 25.7 Å². The Labute approximate surface area is 102 Å². The fourth-order valence-electron chi connectivity index (χ4n) is 2.31. The van der Waals surface area contributed by atoms with E-state index in [1.54, 1.807) is 0 Å². The summed E-state index contributed by atoms with van der Waals surface area (Å²) in [5.41, 5.74) is -1.46. The van der Waals surface area contributed by atoms with Crippen LogP contribution < -0.4 is 5.32 Å². The summed E-state index contributed by atoms with van der Waals surface area (Å²) in [6.07, 6.45) is 2.31. The van der Waals surface area contributed by atoms with Gasteiger partial charge in [-0.15, -0.1) is 0 Å². The molecule has 17 heavy (non-hydrogen) atoms. The molecule has 1 aliphatic rings. The number of rotatable bonds is 6. The van der Waals surface area contributed by atoms with E-state index < -0.39 is 17.0 Å². The van der Waals surface area contributed by atoms with E-state index in [0.29, 0.717) is 38.9 Å². The average molecular weight is 245 g/mol. The summed E-state index contributed by atoms with van der Waals surface area (Å²) >= 11 is 0. The molecule has 0 amide bonds. The molecule has 0 aromatic rings. The number of nitrogens with one attached hydrogen (secondary N) is 1. The second kappa shape index (κ2) is 5.80. The second-order valence-corrected chi connectivity index (χ2v) is 4.77. The topological polar surface area (TPSA) is 78.8 Å². The van der Waals surface area contributed by atoms with E-state index in [0.717, 1.165) is 0 Å². The first-order chi connectivity index (χ1) is 8.04. The summed E-state index contributed by atoms with van der Waals surface area (Å²) in [4.78, 5) is 11.5. The molecule has 1 fully saturated rings.